The summed E-state index contributed by atoms with van der Waals surface area (Å²) in [6.45, 7) is 7.17. The molecule has 1 amide bonds. The normalized spacial score (nSPS) is 16.0. The van der Waals surface area contributed by atoms with Gasteiger partial charge >= 0.3 is 6.18 Å². The first kappa shape index (κ1) is 26.8. The van der Waals surface area contributed by atoms with Crippen molar-refractivity contribution in [2.75, 3.05) is 0 Å². The molecule has 0 spiro atoms. The lowest BCUT2D eigenvalue weighted by Crippen LogP contribution is -2.24. The van der Waals surface area contributed by atoms with Crippen LogP contribution in [0.25, 0.3) is 0 Å². The number of halogens is 5. The van der Waals surface area contributed by atoms with Crippen LogP contribution in [0.15, 0.2) is 70.2 Å². The van der Waals surface area contributed by atoms with Gasteiger partial charge in [0.05, 0.1) is 12.5 Å². The first-order valence-corrected chi connectivity index (χ1v) is 11.6. The molecule has 1 aliphatic rings. The zero-order chi connectivity index (χ0) is 25.8. The van der Waals surface area contributed by atoms with Gasteiger partial charge in [0.1, 0.15) is 0 Å². The van der Waals surface area contributed by atoms with Crippen LogP contribution in [0.2, 0.25) is 10.0 Å². The number of hydrogen-bond donors (Lipinski definition) is 1. The van der Waals surface area contributed by atoms with Crippen molar-refractivity contribution in [1.82, 2.24) is 15.5 Å². The van der Waals surface area contributed by atoms with Crippen molar-refractivity contribution >= 4 is 29.1 Å². The second-order valence-electron chi connectivity index (χ2n) is 8.17. The van der Waals surface area contributed by atoms with E-state index in [1.54, 1.807) is 26.0 Å². The molecule has 1 N–H and O–H groups in total. The third kappa shape index (κ3) is 7.57. The van der Waals surface area contributed by atoms with Crippen LogP contribution < -0.4 is 5.32 Å². The molecular weight excluding hydrogens is 502 g/mol. The van der Waals surface area contributed by atoms with Gasteiger partial charge in [-0.15, -0.1) is 10.2 Å². The van der Waals surface area contributed by atoms with E-state index in [1.165, 1.54) is 24.3 Å². The van der Waals surface area contributed by atoms with Crippen LogP contribution in [-0.2, 0) is 11.3 Å². The zero-order valence-corrected chi connectivity index (χ0v) is 20.6. The number of nitrogens with one attached hydrogen (secondary N) is 1. The van der Waals surface area contributed by atoms with E-state index in [1.807, 2.05) is 0 Å². The largest absolute Gasteiger partial charge is 0.423 e. The molecule has 0 bridgehead atoms. The third-order valence-corrected chi connectivity index (χ3v) is 5.79. The summed E-state index contributed by atoms with van der Waals surface area (Å²) in [5, 5.41) is 10.8. The predicted molar refractivity (Wildman–Crippen MR) is 129 cm³/mol. The molecule has 1 aromatic carbocycles. The molecular formula is C25H24Cl2F3N3O2. The van der Waals surface area contributed by atoms with Crippen molar-refractivity contribution < 1.29 is 22.4 Å². The van der Waals surface area contributed by atoms with Crippen LogP contribution in [0.1, 0.15) is 55.9 Å². The van der Waals surface area contributed by atoms with Crippen LogP contribution in [0, 0.1) is 0 Å². The molecule has 0 saturated heterocycles. The molecule has 1 saturated carbocycles. The topological polar surface area (TPSA) is 68.0 Å². The SMILES string of the molecule is C=C(C(=O)NCc1nnc(C2CC2)o1)\C(C)=C/C(=C\C)/C=C/C(c1cc(Cl)cc(Cl)c1)C(F)(F)F. The van der Waals surface area contributed by atoms with E-state index in [-0.39, 0.29) is 27.7 Å². The lowest BCUT2D eigenvalue weighted by Gasteiger charge is -2.18. The zero-order valence-electron chi connectivity index (χ0n) is 19.1. The highest BCUT2D eigenvalue weighted by atomic mass is 35.5. The maximum absolute atomic E-state index is 13.7. The molecule has 0 aliphatic heterocycles. The lowest BCUT2D eigenvalue weighted by atomic mass is 9.96. The number of hydrogen-bond acceptors (Lipinski definition) is 4. The Kier molecular flexibility index (Phi) is 8.61. The van der Waals surface area contributed by atoms with Crippen molar-refractivity contribution in [3.05, 3.63) is 93.2 Å². The minimum absolute atomic E-state index is 0.0523. The van der Waals surface area contributed by atoms with Gasteiger partial charge in [0, 0.05) is 21.5 Å². The summed E-state index contributed by atoms with van der Waals surface area (Å²) in [6, 6.07) is 3.83. The minimum atomic E-state index is -4.56. The van der Waals surface area contributed by atoms with Crippen LogP contribution >= 0.6 is 23.2 Å². The summed E-state index contributed by atoms with van der Waals surface area (Å²) in [5.74, 6) is -1.18. The molecule has 3 rings (SSSR count). The quantitative estimate of drug-likeness (QED) is 0.277. The lowest BCUT2D eigenvalue weighted by molar-refractivity contribution is -0.139. The summed E-state index contributed by atoms with van der Waals surface area (Å²) < 4.78 is 46.7. The van der Waals surface area contributed by atoms with Gasteiger partial charge in [0.15, 0.2) is 0 Å². The van der Waals surface area contributed by atoms with Crippen molar-refractivity contribution in [2.24, 2.45) is 0 Å². The van der Waals surface area contributed by atoms with Crippen LogP contribution in [0.4, 0.5) is 13.2 Å². The number of nitrogens with zero attached hydrogens (tertiary/aromatic N) is 2. The number of amides is 1. The maximum Gasteiger partial charge on any atom is 0.399 e. The van der Waals surface area contributed by atoms with Crippen LogP contribution in [0.3, 0.4) is 0 Å². The van der Waals surface area contributed by atoms with Crippen molar-refractivity contribution in [2.45, 2.75) is 51.2 Å². The van der Waals surface area contributed by atoms with Crippen molar-refractivity contribution in [3.8, 4) is 0 Å². The molecule has 1 unspecified atom stereocenters. The molecule has 35 heavy (non-hydrogen) atoms. The molecule has 1 aliphatic carbocycles. The van der Waals surface area contributed by atoms with Crippen LogP contribution in [-0.4, -0.2) is 22.3 Å². The van der Waals surface area contributed by atoms with E-state index in [2.05, 4.69) is 22.1 Å². The predicted octanol–water partition coefficient (Wildman–Crippen LogP) is 7.22. The van der Waals surface area contributed by atoms with E-state index >= 15 is 0 Å². The number of carbonyl (C=O) groups is 1. The number of carbonyl (C=O) groups excluding carboxylic acids is 1. The monoisotopic (exact) mass is 525 g/mol. The molecule has 5 nitrogen and oxygen atoms in total. The Morgan fingerprint density at radius 3 is 2.49 bits per heavy atom. The van der Waals surface area contributed by atoms with Gasteiger partial charge in [0.25, 0.3) is 5.91 Å². The van der Waals surface area contributed by atoms with Gasteiger partial charge in [-0.1, -0.05) is 54.1 Å². The Labute approximate surface area is 211 Å². The van der Waals surface area contributed by atoms with Gasteiger partial charge in [-0.2, -0.15) is 13.2 Å². The first-order chi connectivity index (χ1) is 16.5. The molecule has 0 radical (unpaired) electrons. The third-order valence-electron chi connectivity index (χ3n) is 5.35. The fourth-order valence-electron chi connectivity index (χ4n) is 3.21. The molecule has 1 aromatic heterocycles. The molecule has 1 atom stereocenters. The molecule has 2 aromatic rings. The highest BCUT2D eigenvalue weighted by molar-refractivity contribution is 6.34. The molecule has 186 valence electrons. The molecule has 1 fully saturated rings. The Balaban J connectivity index is 1.67. The smallest absolute Gasteiger partial charge is 0.399 e. The van der Waals surface area contributed by atoms with Crippen molar-refractivity contribution in [1.29, 1.82) is 0 Å². The summed E-state index contributed by atoms with van der Waals surface area (Å²) in [7, 11) is 0. The Bertz CT molecular complexity index is 1170. The second kappa shape index (κ2) is 11.3. The van der Waals surface area contributed by atoms with E-state index in [0.29, 0.717) is 28.8 Å². The summed E-state index contributed by atoms with van der Waals surface area (Å²) >= 11 is 11.8. The average Bonchev–Trinajstić information content (AvgIpc) is 3.52. The van der Waals surface area contributed by atoms with Gasteiger partial charge in [-0.25, -0.2) is 0 Å². The highest BCUT2D eigenvalue weighted by Gasteiger charge is 2.39. The first-order valence-electron chi connectivity index (χ1n) is 10.8. The van der Waals surface area contributed by atoms with E-state index in [9.17, 15) is 18.0 Å². The van der Waals surface area contributed by atoms with Gasteiger partial charge in [-0.3, -0.25) is 4.79 Å². The second-order valence-corrected chi connectivity index (χ2v) is 9.04. The summed E-state index contributed by atoms with van der Waals surface area (Å²) in [4.78, 5) is 12.5. The number of benzene rings is 1. The standard InChI is InChI=1S/C25H24Cl2F3N3O2/c1-4-16(5-8-21(25(28,29)30)18-10-19(26)12-20(27)11-18)9-14(2)15(3)23(34)31-13-22-32-33-24(35-22)17-6-7-17/h4-5,8-12,17,21H,3,6-7,13H2,1-2H3,(H,31,34)/b8-5+,14-9-,16-4-. The summed E-state index contributed by atoms with van der Waals surface area (Å²) in [5.41, 5.74) is 1.04. The van der Waals surface area contributed by atoms with Gasteiger partial charge in [-0.05, 0) is 61.6 Å². The van der Waals surface area contributed by atoms with Crippen molar-refractivity contribution in [3.63, 3.8) is 0 Å². The fourth-order valence-corrected chi connectivity index (χ4v) is 3.75. The number of alkyl halides is 3. The minimum Gasteiger partial charge on any atom is -0.423 e. The Morgan fingerprint density at radius 2 is 1.91 bits per heavy atom. The van der Waals surface area contributed by atoms with Crippen LogP contribution in [0.5, 0.6) is 0 Å². The number of allylic oxidation sites excluding steroid dienone is 5. The van der Waals surface area contributed by atoms with Gasteiger partial charge in [0.2, 0.25) is 11.8 Å². The fraction of sp³-hybridized carbons (Fsp3) is 0.320. The average molecular weight is 526 g/mol. The maximum atomic E-state index is 13.7. The number of rotatable bonds is 9. The van der Waals surface area contributed by atoms with E-state index in [0.717, 1.165) is 18.9 Å². The van der Waals surface area contributed by atoms with E-state index in [4.69, 9.17) is 27.6 Å². The number of aromatic nitrogens is 2. The Hall–Kier alpha value is -2.84. The van der Waals surface area contributed by atoms with E-state index < -0.39 is 18.0 Å². The van der Waals surface area contributed by atoms with Gasteiger partial charge < -0.3 is 9.73 Å². The molecule has 1 heterocycles. The summed E-state index contributed by atoms with van der Waals surface area (Å²) in [6.07, 6.45) is 3.05. The highest BCUT2D eigenvalue weighted by Crippen LogP contribution is 2.39. The Morgan fingerprint density at radius 1 is 1.26 bits per heavy atom. The molecule has 10 heteroatoms.